The summed E-state index contributed by atoms with van der Waals surface area (Å²) in [5.41, 5.74) is 1.26. The maximum atomic E-state index is 12.6. The second-order valence-electron chi connectivity index (χ2n) is 7.94. The van der Waals surface area contributed by atoms with E-state index in [9.17, 15) is 19.5 Å². The largest absolute Gasteiger partial charge is 0.494 e. The quantitative estimate of drug-likeness (QED) is 0.618. The molecule has 0 radical (unpaired) electrons. The Morgan fingerprint density at radius 3 is 2.97 bits per heavy atom. The SMILES string of the molecule is Cc1csc(Cl)c1C(=O)NCC1CC2(CCN(C(=O)Cc3sc(=O)[nH]c3O)C2)CO1. The van der Waals surface area contributed by atoms with Crippen LogP contribution in [0.2, 0.25) is 4.34 Å². The van der Waals surface area contributed by atoms with Gasteiger partial charge in [-0.2, -0.15) is 0 Å². The number of hydrogen-bond acceptors (Lipinski definition) is 7. The highest BCUT2D eigenvalue weighted by Crippen LogP contribution is 2.41. The van der Waals surface area contributed by atoms with Crippen molar-refractivity contribution in [1.82, 2.24) is 15.2 Å². The molecule has 2 unspecified atom stereocenters. The van der Waals surface area contributed by atoms with Crippen LogP contribution in [0.3, 0.4) is 0 Å². The van der Waals surface area contributed by atoms with E-state index in [1.807, 2.05) is 12.3 Å². The number of aryl methyl sites for hydroxylation is 1. The molecule has 8 nitrogen and oxygen atoms in total. The number of ether oxygens (including phenoxy) is 1. The van der Waals surface area contributed by atoms with Crippen LogP contribution < -0.4 is 10.2 Å². The number of carbonyl (C=O) groups is 2. The minimum Gasteiger partial charge on any atom is -0.494 e. The fourth-order valence-corrected chi connectivity index (χ4v) is 6.01. The molecule has 4 heterocycles. The standard InChI is InChI=1S/C19H22ClN3O5S2/c1-10-7-29-15(20)14(10)17(26)21-6-11-5-19(9-28-11)2-3-23(8-19)13(24)4-12-16(25)22-18(27)30-12/h7,11,25H,2-6,8-9H2,1H3,(H,21,26)(H,22,27). The predicted molar refractivity (Wildman–Crippen MR) is 115 cm³/mol. The van der Waals surface area contributed by atoms with E-state index in [0.717, 1.165) is 29.7 Å². The molecule has 1 spiro atoms. The van der Waals surface area contributed by atoms with Gasteiger partial charge in [0.2, 0.25) is 11.8 Å². The maximum Gasteiger partial charge on any atom is 0.307 e. The molecule has 2 amide bonds. The Morgan fingerprint density at radius 1 is 1.50 bits per heavy atom. The van der Waals surface area contributed by atoms with Crippen molar-refractivity contribution in [3.63, 3.8) is 0 Å². The molecule has 2 aromatic rings. The molecule has 0 saturated carbocycles. The molecule has 2 aromatic heterocycles. The summed E-state index contributed by atoms with van der Waals surface area (Å²) in [5.74, 6) is -0.540. The fourth-order valence-electron chi connectivity index (χ4n) is 4.16. The molecule has 0 bridgehead atoms. The van der Waals surface area contributed by atoms with Gasteiger partial charge in [0.05, 0.1) is 29.6 Å². The number of likely N-dealkylation sites (tertiary alicyclic amines) is 1. The van der Waals surface area contributed by atoms with Gasteiger partial charge in [0.1, 0.15) is 4.34 Å². The lowest BCUT2D eigenvalue weighted by Crippen LogP contribution is -2.34. The molecule has 4 rings (SSSR count). The molecule has 2 saturated heterocycles. The van der Waals surface area contributed by atoms with E-state index >= 15 is 0 Å². The molecule has 162 valence electrons. The third-order valence-corrected chi connectivity index (χ3v) is 7.95. The molecule has 2 fully saturated rings. The first-order chi connectivity index (χ1) is 14.3. The number of hydrogen-bond donors (Lipinski definition) is 3. The van der Waals surface area contributed by atoms with E-state index in [4.69, 9.17) is 16.3 Å². The highest BCUT2D eigenvalue weighted by molar-refractivity contribution is 7.15. The van der Waals surface area contributed by atoms with Crippen molar-refractivity contribution in [2.75, 3.05) is 26.2 Å². The first kappa shape index (κ1) is 21.4. The van der Waals surface area contributed by atoms with Crippen molar-refractivity contribution >= 4 is 46.1 Å². The number of aromatic amines is 1. The summed E-state index contributed by atoms with van der Waals surface area (Å²) in [7, 11) is 0. The Kier molecular flexibility index (Phi) is 5.93. The zero-order chi connectivity index (χ0) is 21.5. The van der Waals surface area contributed by atoms with Crippen LogP contribution in [0, 0.1) is 12.3 Å². The monoisotopic (exact) mass is 471 g/mol. The minimum absolute atomic E-state index is 0.00636. The molecule has 0 aliphatic carbocycles. The zero-order valence-corrected chi connectivity index (χ0v) is 18.7. The number of nitrogens with one attached hydrogen (secondary N) is 2. The number of H-pyrrole nitrogens is 1. The Morgan fingerprint density at radius 2 is 2.30 bits per heavy atom. The van der Waals surface area contributed by atoms with Crippen LogP contribution in [-0.2, 0) is 16.0 Å². The minimum atomic E-state index is -0.374. The summed E-state index contributed by atoms with van der Waals surface area (Å²) in [6, 6.07) is 0. The Hall–Kier alpha value is -1.88. The van der Waals surface area contributed by atoms with Gasteiger partial charge >= 0.3 is 4.87 Å². The zero-order valence-electron chi connectivity index (χ0n) is 16.3. The predicted octanol–water partition coefficient (Wildman–Crippen LogP) is 2.15. The van der Waals surface area contributed by atoms with Crippen molar-refractivity contribution in [2.45, 2.75) is 32.3 Å². The number of halogens is 1. The summed E-state index contributed by atoms with van der Waals surface area (Å²) in [6.45, 7) is 3.98. The lowest BCUT2D eigenvalue weighted by atomic mass is 9.84. The first-order valence-electron chi connectivity index (χ1n) is 9.58. The lowest BCUT2D eigenvalue weighted by molar-refractivity contribution is -0.129. The molecule has 2 atom stereocenters. The average molecular weight is 472 g/mol. The lowest BCUT2D eigenvalue weighted by Gasteiger charge is -2.22. The number of thiazole rings is 1. The van der Waals surface area contributed by atoms with Crippen LogP contribution in [0.4, 0.5) is 0 Å². The topological polar surface area (TPSA) is 112 Å². The Bertz CT molecular complexity index is 1010. The maximum absolute atomic E-state index is 12.6. The summed E-state index contributed by atoms with van der Waals surface area (Å²) >= 11 is 8.30. The van der Waals surface area contributed by atoms with Crippen molar-refractivity contribution < 1.29 is 19.4 Å². The van der Waals surface area contributed by atoms with E-state index in [0.29, 0.717) is 41.0 Å². The third kappa shape index (κ3) is 4.27. The van der Waals surface area contributed by atoms with Gasteiger partial charge in [-0.25, -0.2) is 0 Å². The van der Waals surface area contributed by atoms with E-state index in [1.165, 1.54) is 11.3 Å². The summed E-state index contributed by atoms with van der Waals surface area (Å²) in [4.78, 5) is 40.4. The van der Waals surface area contributed by atoms with Crippen LogP contribution >= 0.6 is 34.3 Å². The van der Waals surface area contributed by atoms with Crippen LogP contribution in [0.25, 0.3) is 0 Å². The van der Waals surface area contributed by atoms with Gasteiger partial charge in [0, 0.05) is 25.0 Å². The van der Waals surface area contributed by atoms with Gasteiger partial charge in [0.15, 0.2) is 0 Å². The number of aromatic hydroxyl groups is 1. The Balaban J connectivity index is 1.29. The van der Waals surface area contributed by atoms with Crippen molar-refractivity contribution in [1.29, 1.82) is 0 Å². The van der Waals surface area contributed by atoms with Gasteiger partial charge in [-0.15, -0.1) is 11.3 Å². The fraction of sp³-hybridized carbons (Fsp3) is 0.526. The molecule has 30 heavy (non-hydrogen) atoms. The van der Waals surface area contributed by atoms with Crippen LogP contribution in [-0.4, -0.2) is 59.1 Å². The summed E-state index contributed by atoms with van der Waals surface area (Å²) in [5, 5.41) is 14.5. The second kappa shape index (κ2) is 8.33. The van der Waals surface area contributed by atoms with Crippen LogP contribution in [0.5, 0.6) is 5.88 Å². The van der Waals surface area contributed by atoms with Crippen molar-refractivity contribution in [2.24, 2.45) is 5.41 Å². The molecule has 0 aromatic carbocycles. The van der Waals surface area contributed by atoms with E-state index in [2.05, 4.69) is 10.3 Å². The van der Waals surface area contributed by atoms with Gasteiger partial charge < -0.3 is 20.1 Å². The normalized spacial score (nSPS) is 23.4. The highest BCUT2D eigenvalue weighted by Gasteiger charge is 2.46. The van der Waals surface area contributed by atoms with Gasteiger partial charge in [-0.05, 0) is 30.7 Å². The number of nitrogens with zero attached hydrogens (tertiary/aromatic N) is 1. The third-order valence-electron chi connectivity index (χ3n) is 5.74. The van der Waals surface area contributed by atoms with E-state index in [1.54, 1.807) is 4.90 Å². The Labute approximate surface area is 185 Å². The summed E-state index contributed by atoms with van der Waals surface area (Å²) < 4.78 is 6.40. The number of thiophene rings is 1. The molecular weight excluding hydrogens is 450 g/mol. The molecule has 11 heteroatoms. The second-order valence-corrected chi connectivity index (χ2v) is 10.5. The van der Waals surface area contributed by atoms with Gasteiger partial charge in [-0.3, -0.25) is 19.4 Å². The molecular formula is C19H22ClN3O5S2. The smallest absolute Gasteiger partial charge is 0.307 e. The average Bonchev–Trinajstić information content (AvgIpc) is 3.44. The number of carbonyl (C=O) groups excluding carboxylic acids is 2. The van der Waals surface area contributed by atoms with Gasteiger partial charge in [-0.1, -0.05) is 22.9 Å². The first-order valence-corrected chi connectivity index (χ1v) is 11.7. The molecule has 2 aliphatic rings. The van der Waals surface area contributed by atoms with Crippen molar-refractivity contribution in [3.05, 3.63) is 35.4 Å². The van der Waals surface area contributed by atoms with Crippen molar-refractivity contribution in [3.8, 4) is 5.88 Å². The van der Waals surface area contributed by atoms with Gasteiger partial charge in [0.25, 0.3) is 5.91 Å². The molecule has 2 aliphatic heterocycles. The van der Waals surface area contributed by atoms with E-state index in [-0.39, 0.29) is 40.5 Å². The number of aromatic nitrogens is 1. The van der Waals surface area contributed by atoms with Crippen LogP contribution in [0.1, 0.15) is 33.6 Å². The number of amides is 2. The number of rotatable bonds is 5. The molecule has 3 N–H and O–H groups in total. The summed E-state index contributed by atoms with van der Waals surface area (Å²) in [6.07, 6.45) is 1.48. The highest BCUT2D eigenvalue weighted by atomic mass is 35.5. The van der Waals surface area contributed by atoms with Crippen LogP contribution in [0.15, 0.2) is 10.2 Å². The van der Waals surface area contributed by atoms with E-state index < -0.39 is 0 Å².